The van der Waals surface area contributed by atoms with E-state index in [0.29, 0.717) is 33.4 Å². The molecule has 4 aromatic heterocycles. The first-order valence-corrected chi connectivity index (χ1v) is 17.2. The number of amides is 1. The monoisotopic (exact) mass is 698 g/mol. The van der Waals surface area contributed by atoms with Crippen LogP contribution < -0.4 is 0 Å². The predicted octanol–water partition coefficient (Wildman–Crippen LogP) is 4.78. The number of likely N-dealkylation sites (tertiary alicyclic amines) is 1. The lowest BCUT2D eigenvalue weighted by molar-refractivity contribution is -0.139. The highest BCUT2D eigenvalue weighted by atomic mass is 79.9. The van der Waals surface area contributed by atoms with Gasteiger partial charge in [-0.05, 0) is 86.2 Å². The van der Waals surface area contributed by atoms with Crippen LogP contribution in [0.5, 0.6) is 0 Å². The van der Waals surface area contributed by atoms with Crippen molar-refractivity contribution < 1.29 is 14.4 Å². The van der Waals surface area contributed by atoms with E-state index in [-0.39, 0.29) is 47.6 Å². The van der Waals surface area contributed by atoms with Gasteiger partial charge in [-0.25, -0.2) is 15.0 Å². The predicted molar refractivity (Wildman–Crippen MR) is 180 cm³/mol. The summed E-state index contributed by atoms with van der Waals surface area (Å²) in [5.41, 5.74) is 4.00. The molecule has 11 nitrogen and oxygen atoms in total. The highest BCUT2D eigenvalue weighted by molar-refractivity contribution is 9.10. The minimum Gasteiger partial charge on any atom is -0.327 e. The van der Waals surface area contributed by atoms with Crippen molar-refractivity contribution >= 4 is 44.3 Å². The molecule has 1 spiro atoms. The van der Waals surface area contributed by atoms with Gasteiger partial charge in [-0.3, -0.25) is 24.0 Å². The maximum absolute atomic E-state index is 14.3. The average Bonchev–Trinajstić information content (AvgIpc) is 3.44. The highest BCUT2D eigenvalue weighted by Crippen LogP contribution is 2.60. The molecule has 0 aromatic carbocycles. The fourth-order valence-electron chi connectivity index (χ4n) is 7.67. The van der Waals surface area contributed by atoms with Crippen LogP contribution in [0.25, 0.3) is 22.2 Å². The summed E-state index contributed by atoms with van der Waals surface area (Å²) in [6.07, 6.45) is 12.2. The number of carbonyl (C=O) groups excluding carboxylic acids is 3. The Morgan fingerprint density at radius 1 is 1.04 bits per heavy atom. The van der Waals surface area contributed by atoms with Gasteiger partial charge in [-0.2, -0.15) is 5.10 Å². The van der Waals surface area contributed by atoms with Crippen molar-refractivity contribution in [2.45, 2.75) is 83.8 Å². The lowest BCUT2D eigenvalue weighted by Crippen LogP contribution is -2.45. The van der Waals surface area contributed by atoms with E-state index in [2.05, 4.69) is 54.0 Å². The van der Waals surface area contributed by atoms with Crippen LogP contribution in [-0.2, 0) is 29.0 Å². The summed E-state index contributed by atoms with van der Waals surface area (Å²) in [4.78, 5) is 63.2. The third-order valence-corrected chi connectivity index (χ3v) is 10.5. The van der Waals surface area contributed by atoms with E-state index < -0.39 is 6.04 Å². The number of Topliss-reactive ketones (excluding diaryl/α,β-unsaturated/α-hetero) is 2. The summed E-state index contributed by atoms with van der Waals surface area (Å²) >= 11 is 3.50. The Kier molecular flexibility index (Phi) is 8.50. The number of hydrogen-bond acceptors (Lipinski definition) is 9. The Hall–Kier alpha value is -3.90. The molecule has 0 radical (unpaired) electrons. The van der Waals surface area contributed by atoms with Crippen molar-refractivity contribution in [3.8, 4) is 11.3 Å². The zero-order chi connectivity index (χ0) is 32.9. The molecule has 6 heterocycles. The number of aryl methyl sites for hydroxylation is 2. The Balaban J connectivity index is 1.20. The van der Waals surface area contributed by atoms with E-state index in [0.717, 1.165) is 62.0 Å². The number of piperidine rings is 1. The quantitative estimate of drug-likeness (QED) is 0.219. The molecule has 3 aliphatic rings. The smallest absolute Gasteiger partial charge is 0.245 e. The molecule has 2 bridgehead atoms. The fraction of sp³-hybridized carbons (Fsp3) is 0.486. The van der Waals surface area contributed by atoms with Crippen molar-refractivity contribution in [2.75, 3.05) is 20.1 Å². The van der Waals surface area contributed by atoms with Gasteiger partial charge in [0.1, 0.15) is 22.7 Å². The van der Waals surface area contributed by atoms with E-state index in [4.69, 9.17) is 4.98 Å². The van der Waals surface area contributed by atoms with E-state index in [1.807, 2.05) is 17.9 Å². The Morgan fingerprint density at radius 2 is 1.83 bits per heavy atom. The van der Waals surface area contributed by atoms with Gasteiger partial charge in [-0.1, -0.05) is 18.9 Å². The molecule has 0 N–H and O–H groups in total. The minimum absolute atomic E-state index is 0.00499. The largest absolute Gasteiger partial charge is 0.327 e. The van der Waals surface area contributed by atoms with Crippen LogP contribution in [-0.4, -0.2) is 89.2 Å². The number of ketones is 2. The second kappa shape index (κ2) is 12.6. The summed E-state index contributed by atoms with van der Waals surface area (Å²) in [6, 6.07) is 5.28. The van der Waals surface area contributed by atoms with Gasteiger partial charge in [0.15, 0.2) is 11.6 Å². The number of hydrogen-bond donors (Lipinski definition) is 0. The number of pyridine rings is 2. The molecule has 1 saturated heterocycles. The van der Waals surface area contributed by atoms with Crippen molar-refractivity contribution in [2.24, 2.45) is 5.41 Å². The summed E-state index contributed by atoms with van der Waals surface area (Å²) in [6.45, 7) is 5.05. The Labute approximate surface area is 282 Å². The van der Waals surface area contributed by atoms with Gasteiger partial charge < -0.3 is 9.80 Å². The van der Waals surface area contributed by atoms with Gasteiger partial charge in [0.05, 0.1) is 35.6 Å². The van der Waals surface area contributed by atoms with Crippen molar-refractivity contribution in [1.82, 2.24) is 39.5 Å². The molecule has 244 valence electrons. The zero-order valence-electron chi connectivity index (χ0n) is 27.1. The summed E-state index contributed by atoms with van der Waals surface area (Å²) in [5, 5.41) is 5.22. The van der Waals surface area contributed by atoms with E-state index in [1.165, 1.54) is 13.3 Å². The Bertz CT molecular complexity index is 1870. The molecule has 1 saturated carbocycles. The molecule has 1 amide bonds. The number of halogens is 1. The normalized spacial score (nSPS) is 23.6. The van der Waals surface area contributed by atoms with Crippen molar-refractivity contribution in [1.29, 1.82) is 0 Å². The zero-order valence-corrected chi connectivity index (χ0v) is 28.7. The van der Waals surface area contributed by atoms with Gasteiger partial charge in [0, 0.05) is 48.3 Å². The van der Waals surface area contributed by atoms with Gasteiger partial charge >= 0.3 is 0 Å². The maximum Gasteiger partial charge on any atom is 0.245 e. The Morgan fingerprint density at radius 3 is 2.62 bits per heavy atom. The summed E-state index contributed by atoms with van der Waals surface area (Å²) < 4.78 is 2.27. The number of rotatable bonds is 4. The fourth-order valence-corrected chi connectivity index (χ4v) is 8.02. The third kappa shape index (κ3) is 6.25. The summed E-state index contributed by atoms with van der Waals surface area (Å²) in [7, 11) is 2.16. The number of aromatic nitrogens is 6. The molecular formula is C35H39BrN8O3. The first-order valence-electron chi connectivity index (χ1n) is 16.4. The van der Waals surface area contributed by atoms with E-state index >= 15 is 0 Å². The molecule has 7 rings (SSSR count). The van der Waals surface area contributed by atoms with Crippen molar-refractivity contribution in [3.05, 3.63) is 64.2 Å². The van der Waals surface area contributed by atoms with E-state index in [1.54, 1.807) is 29.3 Å². The SMILES string of the molecule is CC(=O)c1nn(CC(=O)N2[C@H]3C[C@]4(C[C@@H]24)CN(C)CCCCCCc2ccc(Br)nc2CC3=O)c2cnc(-c3cnc(C)nc3)cc12. The molecule has 47 heavy (non-hydrogen) atoms. The van der Waals surface area contributed by atoms with E-state index in [9.17, 15) is 14.4 Å². The summed E-state index contributed by atoms with van der Waals surface area (Å²) in [5.74, 6) is 0.297. The molecule has 4 aromatic rings. The molecular weight excluding hydrogens is 660 g/mol. The molecule has 0 unspecified atom stereocenters. The molecule has 2 fully saturated rings. The lowest BCUT2D eigenvalue weighted by atomic mass is 9.93. The molecule has 2 aliphatic heterocycles. The minimum atomic E-state index is -0.534. The second-order valence-corrected chi connectivity index (χ2v) is 14.4. The van der Waals surface area contributed by atoms with Crippen LogP contribution in [0, 0.1) is 12.3 Å². The van der Waals surface area contributed by atoms with Crippen LogP contribution in [0.15, 0.2) is 41.4 Å². The first-order chi connectivity index (χ1) is 22.6. The molecule has 3 atom stereocenters. The van der Waals surface area contributed by atoms with Gasteiger partial charge in [0.2, 0.25) is 5.91 Å². The molecule has 1 aliphatic carbocycles. The van der Waals surface area contributed by atoms with Gasteiger partial charge in [-0.15, -0.1) is 0 Å². The average molecular weight is 700 g/mol. The highest BCUT2D eigenvalue weighted by Gasteiger charge is 2.67. The standard InChI is InChI=1S/C35H39BrN8O3/c1-21(45)34-25-12-26(24-16-37-22(2)38-17-24)39-18-29(25)43(41-34)19-33(47)44-28-14-35(15-31(35)44)20-42(3)11-7-5-4-6-8-23-9-10-32(36)40-27(23)13-30(28)46/h9-10,12,16-18,28,31H,4-8,11,13-15,19-20H2,1-3H3/t28-,31+,35-/m0/s1. The number of fused-ring (bicyclic) bond motifs is 3. The third-order valence-electron chi connectivity index (χ3n) is 10.1. The molecule has 12 heteroatoms. The van der Waals surface area contributed by atoms with Crippen molar-refractivity contribution in [3.63, 3.8) is 0 Å². The van der Waals surface area contributed by atoms with Crippen LogP contribution in [0.4, 0.5) is 0 Å². The topological polar surface area (TPSA) is 127 Å². The number of carbonyl (C=O) groups is 3. The first kappa shape index (κ1) is 31.7. The second-order valence-electron chi connectivity index (χ2n) is 13.6. The van der Waals surface area contributed by atoms with Crippen LogP contribution in [0.1, 0.15) is 73.0 Å². The van der Waals surface area contributed by atoms with Gasteiger partial charge in [0.25, 0.3) is 0 Å². The number of nitrogens with zero attached hydrogens (tertiary/aromatic N) is 8. The lowest BCUT2D eigenvalue weighted by Gasteiger charge is -2.27. The van der Waals surface area contributed by atoms with Crippen LogP contribution in [0.3, 0.4) is 0 Å². The maximum atomic E-state index is 14.3. The van der Waals surface area contributed by atoms with Crippen LogP contribution >= 0.6 is 15.9 Å². The van der Waals surface area contributed by atoms with Crippen LogP contribution in [0.2, 0.25) is 0 Å².